The van der Waals surface area contributed by atoms with Crippen LogP contribution < -0.4 is 14.8 Å². The lowest BCUT2D eigenvalue weighted by Gasteiger charge is -2.16. The van der Waals surface area contributed by atoms with Crippen molar-refractivity contribution in [2.75, 3.05) is 14.2 Å². The fraction of sp³-hybridized carbons (Fsp3) is 0.400. The van der Waals surface area contributed by atoms with Crippen molar-refractivity contribution in [3.63, 3.8) is 0 Å². The number of benzene rings is 1. The van der Waals surface area contributed by atoms with E-state index in [2.05, 4.69) is 22.4 Å². The molecule has 1 heterocycles. The van der Waals surface area contributed by atoms with Crippen LogP contribution in [-0.4, -0.2) is 24.4 Å². The number of rotatable bonds is 6. The maximum Gasteiger partial charge on any atom is 0.161 e. The third-order valence-corrected chi connectivity index (χ3v) is 3.44. The molecule has 0 aliphatic carbocycles. The Labute approximate surface area is 119 Å². The highest BCUT2D eigenvalue weighted by Gasteiger charge is 2.10. The van der Waals surface area contributed by atoms with Crippen LogP contribution in [0.15, 0.2) is 24.4 Å². The number of hydrogen-bond donors (Lipinski definition) is 2. The minimum Gasteiger partial charge on any atom is -0.493 e. The van der Waals surface area contributed by atoms with Gasteiger partial charge in [-0.05, 0) is 31.5 Å². The van der Waals surface area contributed by atoms with Gasteiger partial charge in [0, 0.05) is 23.8 Å². The van der Waals surface area contributed by atoms with Gasteiger partial charge < -0.3 is 14.8 Å². The lowest BCUT2D eigenvalue weighted by molar-refractivity contribution is 0.354. The largest absolute Gasteiger partial charge is 0.493 e. The number of hydrogen-bond acceptors (Lipinski definition) is 4. The second kappa shape index (κ2) is 6.43. The molecule has 0 aliphatic rings. The fourth-order valence-corrected chi connectivity index (χ4v) is 2.06. The number of ether oxygens (including phenoxy) is 2. The van der Waals surface area contributed by atoms with E-state index in [1.807, 2.05) is 31.3 Å². The van der Waals surface area contributed by atoms with E-state index in [-0.39, 0.29) is 6.04 Å². The van der Waals surface area contributed by atoms with E-state index < -0.39 is 0 Å². The molecule has 0 spiro atoms. The molecule has 1 atom stereocenters. The van der Waals surface area contributed by atoms with Crippen LogP contribution in [0.3, 0.4) is 0 Å². The Morgan fingerprint density at radius 1 is 1.25 bits per heavy atom. The molecule has 0 unspecified atom stereocenters. The van der Waals surface area contributed by atoms with Crippen molar-refractivity contribution >= 4 is 0 Å². The normalized spacial score (nSPS) is 12.2. The van der Waals surface area contributed by atoms with Gasteiger partial charge in [-0.15, -0.1) is 0 Å². The highest BCUT2D eigenvalue weighted by molar-refractivity contribution is 5.43. The minimum atomic E-state index is 0.212. The van der Waals surface area contributed by atoms with Crippen LogP contribution in [0, 0.1) is 6.92 Å². The number of nitrogens with one attached hydrogen (secondary N) is 2. The Bertz CT molecular complexity index is 566. The smallest absolute Gasteiger partial charge is 0.161 e. The Hall–Kier alpha value is -2.01. The van der Waals surface area contributed by atoms with E-state index in [1.165, 1.54) is 5.56 Å². The molecule has 2 aromatic rings. The quantitative estimate of drug-likeness (QED) is 0.850. The van der Waals surface area contributed by atoms with Crippen LogP contribution in [0.5, 0.6) is 11.5 Å². The van der Waals surface area contributed by atoms with E-state index in [1.54, 1.807) is 14.2 Å². The molecule has 0 radical (unpaired) electrons. The second-order valence-corrected chi connectivity index (χ2v) is 4.74. The lowest BCUT2D eigenvalue weighted by atomic mass is 10.1. The SMILES string of the molecule is COc1ccc([C@@H](C)NCc2cn[nH]c2C)cc1OC. The zero-order valence-electron chi connectivity index (χ0n) is 12.4. The minimum absolute atomic E-state index is 0.212. The zero-order valence-corrected chi connectivity index (χ0v) is 12.4. The van der Waals surface area contributed by atoms with Crippen LogP contribution in [-0.2, 0) is 6.54 Å². The summed E-state index contributed by atoms with van der Waals surface area (Å²) < 4.78 is 10.6. The van der Waals surface area contributed by atoms with Crippen LogP contribution in [0.25, 0.3) is 0 Å². The van der Waals surface area contributed by atoms with E-state index in [4.69, 9.17) is 9.47 Å². The summed E-state index contributed by atoms with van der Waals surface area (Å²) in [6, 6.07) is 6.18. The Balaban J connectivity index is 2.05. The third-order valence-electron chi connectivity index (χ3n) is 3.44. The molecule has 0 aliphatic heterocycles. The summed E-state index contributed by atoms with van der Waals surface area (Å²) in [5.41, 5.74) is 3.43. The predicted molar refractivity (Wildman–Crippen MR) is 78.1 cm³/mol. The van der Waals surface area contributed by atoms with Crippen LogP contribution in [0.1, 0.15) is 29.8 Å². The first-order chi connectivity index (χ1) is 9.65. The van der Waals surface area contributed by atoms with E-state index in [9.17, 15) is 0 Å². The summed E-state index contributed by atoms with van der Waals surface area (Å²) in [6.45, 7) is 4.92. The number of nitrogens with zero attached hydrogens (tertiary/aromatic N) is 1. The van der Waals surface area contributed by atoms with Crippen molar-refractivity contribution in [3.8, 4) is 11.5 Å². The molecule has 0 saturated heterocycles. The molecule has 1 aromatic heterocycles. The third kappa shape index (κ3) is 3.11. The summed E-state index contributed by atoms with van der Waals surface area (Å²) in [5, 5.41) is 10.4. The van der Waals surface area contributed by atoms with Crippen LogP contribution >= 0.6 is 0 Å². The number of aryl methyl sites for hydroxylation is 1. The van der Waals surface area contributed by atoms with Gasteiger partial charge in [0.25, 0.3) is 0 Å². The fourth-order valence-electron chi connectivity index (χ4n) is 2.06. The monoisotopic (exact) mass is 275 g/mol. The van der Waals surface area contributed by atoms with E-state index >= 15 is 0 Å². The van der Waals surface area contributed by atoms with Crippen molar-refractivity contribution in [2.24, 2.45) is 0 Å². The Kier molecular flexibility index (Phi) is 4.63. The highest BCUT2D eigenvalue weighted by Crippen LogP contribution is 2.29. The molecule has 2 N–H and O–H groups in total. The maximum absolute atomic E-state index is 5.33. The van der Waals surface area contributed by atoms with Gasteiger partial charge in [0.15, 0.2) is 11.5 Å². The molecule has 0 amide bonds. The average Bonchev–Trinajstić information content (AvgIpc) is 2.89. The van der Waals surface area contributed by atoms with Crippen molar-refractivity contribution < 1.29 is 9.47 Å². The van der Waals surface area contributed by atoms with Crippen LogP contribution in [0.4, 0.5) is 0 Å². The molecular weight excluding hydrogens is 254 g/mol. The van der Waals surface area contributed by atoms with Gasteiger partial charge in [-0.3, -0.25) is 5.10 Å². The van der Waals surface area contributed by atoms with Crippen molar-refractivity contribution in [1.82, 2.24) is 15.5 Å². The first-order valence-electron chi connectivity index (χ1n) is 6.60. The number of aromatic amines is 1. The molecule has 1 aromatic carbocycles. The number of methoxy groups -OCH3 is 2. The topological polar surface area (TPSA) is 59.2 Å². The summed E-state index contributed by atoms with van der Waals surface area (Å²) >= 11 is 0. The van der Waals surface area contributed by atoms with Crippen LogP contribution in [0.2, 0.25) is 0 Å². The molecule has 0 fully saturated rings. The number of H-pyrrole nitrogens is 1. The van der Waals surface area contributed by atoms with Gasteiger partial charge in [-0.1, -0.05) is 6.07 Å². The summed E-state index contributed by atoms with van der Waals surface area (Å²) in [4.78, 5) is 0. The van der Waals surface area contributed by atoms with Gasteiger partial charge in [-0.2, -0.15) is 5.10 Å². The maximum atomic E-state index is 5.33. The lowest BCUT2D eigenvalue weighted by Crippen LogP contribution is -2.18. The van der Waals surface area contributed by atoms with Gasteiger partial charge in [0.1, 0.15) is 0 Å². The molecule has 5 heteroatoms. The molecule has 108 valence electrons. The highest BCUT2D eigenvalue weighted by atomic mass is 16.5. The Morgan fingerprint density at radius 2 is 2.00 bits per heavy atom. The molecule has 2 rings (SSSR count). The summed E-state index contributed by atoms with van der Waals surface area (Å²) in [7, 11) is 3.29. The average molecular weight is 275 g/mol. The summed E-state index contributed by atoms with van der Waals surface area (Å²) in [5.74, 6) is 1.49. The van der Waals surface area contributed by atoms with Gasteiger partial charge >= 0.3 is 0 Å². The van der Waals surface area contributed by atoms with Gasteiger partial charge in [-0.25, -0.2) is 0 Å². The molecule has 0 bridgehead atoms. The zero-order chi connectivity index (χ0) is 14.5. The van der Waals surface area contributed by atoms with E-state index in [0.717, 1.165) is 29.3 Å². The first-order valence-corrected chi connectivity index (χ1v) is 6.60. The van der Waals surface area contributed by atoms with Gasteiger partial charge in [0.05, 0.1) is 20.4 Å². The first kappa shape index (κ1) is 14.4. The predicted octanol–water partition coefficient (Wildman–Crippen LogP) is 2.59. The molecule has 5 nitrogen and oxygen atoms in total. The van der Waals surface area contributed by atoms with E-state index in [0.29, 0.717) is 0 Å². The molecule has 20 heavy (non-hydrogen) atoms. The molecule has 0 saturated carbocycles. The second-order valence-electron chi connectivity index (χ2n) is 4.74. The van der Waals surface area contributed by atoms with Gasteiger partial charge in [0.2, 0.25) is 0 Å². The Morgan fingerprint density at radius 3 is 2.60 bits per heavy atom. The molecular formula is C15H21N3O2. The number of aromatic nitrogens is 2. The van der Waals surface area contributed by atoms with Crippen molar-refractivity contribution in [2.45, 2.75) is 26.4 Å². The van der Waals surface area contributed by atoms with Crippen molar-refractivity contribution in [3.05, 3.63) is 41.2 Å². The van der Waals surface area contributed by atoms with Crippen molar-refractivity contribution in [1.29, 1.82) is 0 Å². The summed E-state index contributed by atoms with van der Waals surface area (Å²) in [6.07, 6.45) is 1.85. The standard InChI is InChI=1S/C15H21N3O2/c1-10(16-8-13-9-17-18-11(13)2)12-5-6-14(19-3)15(7-12)20-4/h5-7,9-10,16H,8H2,1-4H3,(H,17,18)/t10-/m1/s1.